The topological polar surface area (TPSA) is 40.5 Å². The van der Waals surface area contributed by atoms with Gasteiger partial charge in [0.15, 0.2) is 0 Å². The second-order valence-corrected chi connectivity index (χ2v) is 5.63. The maximum atomic E-state index is 10.5. The number of aryl methyl sites for hydroxylation is 1. The molecule has 1 N–H and O–H groups in total. The van der Waals surface area contributed by atoms with Crippen LogP contribution in [0.4, 0.5) is 11.4 Å². The van der Waals surface area contributed by atoms with Crippen LogP contribution in [-0.4, -0.2) is 18.1 Å². The van der Waals surface area contributed by atoms with Crippen molar-refractivity contribution >= 4 is 39.4 Å². The monoisotopic (exact) mass is 345 g/mol. The molecule has 0 atom stereocenters. The molecule has 0 aliphatic heterocycles. The molecule has 2 rings (SSSR count). The zero-order valence-electron chi connectivity index (χ0n) is 11.9. The number of carbonyl (C=O) groups is 1. The molecule has 0 aliphatic rings. The molecule has 2 aromatic rings. The molecule has 0 spiro atoms. The molecular weight excluding hydrogens is 330 g/mol. The normalized spacial score (nSPS) is 10.8. The minimum absolute atomic E-state index is 0.838. The molecule has 0 aromatic heterocycles. The Morgan fingerprint density at radius 1 is 1.19 bits per heavy atom. The number of nitrogens with zero attached hydrogens (tertiary/aromatic N) is 1. The van der Waals surface area contributed by atoms with Gasteiger partial charge in [0.1, 0.15) is 0 Å². The first kappa shape index (κ1) is 15.3. The molecule has 0 radical (unpaired) electrons. The molecule has 0 heterocycles. The van der Waals surface area contributed by atoms with E-state index in [-0.39, 0.29) is 0 Å². The molecule has 0 bridgehead atoms. The summed E-state index contributed by atoms with van der Waals surface area (Å²) in [7, 11) is 2.00. The van der Waals surface area contributed by atoms with Crippen molar-refractivity contribution in [3.63, 3.8) is 0 Å². The summed E-state index contributed by atoms with van der Waals surface area (Å²) in [6.07, 6.45) is 2.70. The summed E-state index contributed by atoms with van der Waals surface area (Å²) in [5, 5.41) is 8.65. The Morgan fingerprint density at radius 2 is 1.86 bits per heavy atom. The van der Waals surface area contributed by atoms with Gasteiger partial charge in [-0.05, 0) is 58.8 Å². The summed E-state index contributed by atoms with van der Waals surface area (Å²) >= 11 is 3.54. The average molecular weight is 346 g/mol. The molecule has 0 fully saturated rings. The number of anilines is 2. The van der Waals surface area contributed by atoms with Crippen molar-refractivity contribution in [2.75, 3.05) is 11.9 Å². The van der Waals surface area contributed by atoms with E-state index in [9.17, 15) is 4.79 Å². The van der Waals surface area contributed by atoms with Crippen LogP contribution in [0, 0.1) is 6.92 Å². The number of halogens is 1. The Bertz CT molecular complexity index is 678. The first-order valence-electron chi connectivity index (χ1n) is 6.48. The molecule has 21 heavy (non-hydrogen) atoms. The van der Waals surface area contributed by atoms with Crippen LogP contribution in [0.1, 0.15) is 11.1 Å². The largest absolute Gasteiger partial charge is 0.478 e. The van der Waals surface area contributed by atoms with E-state index in [1.54, 1.807) is 6.08 Å². The third-order valence-electron chi connectivity index (χ3n) is 3.17. The van der Waals surface area contributed by atoms with E-state index in [0.29, 0.717) is 0 Å². The lowest BCUT2D eigenvalue weighted by molar-refractivity contribution is -0.131. The van der Waals surface area contributed by atoms with E-state index in [1.807, 2.05) is 25.2 Å². The molecule has 3 nitrogen and oxygen atoms in total. The Kier molecular flexibility index (Phi) is 4.81. The SMILES string of the molecule is Cc1ccc(N(C)c2ccc(/C=C/C(=O)O)cc2Br)cc1. The van der Waals surface area contributed by atoms with E-state index < -0.39 is 5.97 Å². The van der Waals surface area contributed by atoms with Crippen molar-refractivity contribution < 1.29 is 9.90 Å². The standard InChI is InChI=1S/C17H16BrNO2/c1-12-3-7-14(8-4-12)19(2)16-9-5-13(11-15(16)18)6-10-17(20)21/h3-11H,1-2H3,(H,20,21)/b10-6+. The number of benzene rings is 2. The fraction of sp³-hybridized carbons (Fsp3) is 0.118. The zero-order chi connectivity index (χ0) is 15.4. The molecule has 2 aromatic carbocycles. The van der Waals surface area contributed by atoms with Gasteiger partial charge in [0.2, 0.25) is 0 Å². The van der Waals surface area contributed by atoms with Gasteiger partial charge in [-0.3, -0.25) is 0 Å². The highest BCUT2D eigenvalue weighted by Gasteiger charge is 2.08. The van der Waals surface area contributed by atoms with Crippen molar-refractivity contribution in [3.8, 4) is 0 Å². The maximum Gasteiger partial charge on any atom is 0.328 e. The first-order valence-corrected chi connectivity index (χ1v) is 7.27. The zero-order valence-corrected chi connectivity index (χ0v) is 13.5. The van der Waals surface area contributed by atoms with Gasteiger partial charge in [0, 0.05) is 23.3 Å². The lowest BCUT2D eigenvalue weighted by Crippen LogP contribution is -2.09. The van der Waals surface area contributed by atoms with Crippen molar-refractivity contribution in [1.29, 1.82) is 0 Å². The predicted molar refractivity (Wildman–Crippen MR) is 90.1 cm³/mol. The van der Waals surface area contributed by atoms with Crippen molar-refractivity contribution in [1.82, 2.24) is 0 Å². The molecule has 108 valence electrons. The number of carboxylic acids is 1. The fourth-order valence-electron chi connectivity index (χ4n) is 1.97. The van der Waals surface area contributed by atoms with E-state index in [1.165, 1.54) is 5.56 Å². The highest BCUT2D eigenvalue weighted by molar-refractivity contribution is 9.10. The summed E-state index contributed by atoms with van der Waals surface area (Å²) in [5.41, 5.74) is 4.17. The highest BCUT2D eigenvalue weighted by Crippen LogP contribution is 2.32. The predicted octanol–water partition coefficient (Wildman–Crippen LogP) is 4.62. The summed E-state index contributed by atoms with van der Waals surface area (Å²) in [6, 6.07) is 14.0. The fourth-order valence-corrected chi connectivity index (χ4v) is 2.64. The second-order valence-electron chi connectivity index (χ2n) is 4.78. The van der Waals surface area contributed by atoms with E-state index in [0.717, 1.165) is 27.5 Å². The van der Waals surface area contributed by atoms with Crippen molar-refractivity contribution in [2.45, 2.75) is 6.92 Å². The Labute approximate surface area is 132 Å². The van der Waals surface area contributed by atoms with E-state index >= 15 is 0 Å². The van der Waals surface area contributed by atoms with E-state index in [2.05, 4.69) is 52.0 Å². The van der Waals surface area contributed by atoms with Gasteiger partial charge in [-0.2, -0.15) is 0 Å². The third-order valence-corrected chi connectivity index (χ3v) is 3.81. The molecular formula is C17H16BrNO2. The number of carboxylic acid groups (broad SMARTS) is 1. The van der Waals surface area contributed by atoms with Crippen LogP contribution in [0.5, 0.6) is 0 Å². The van der Waals surface area contributed by atoms with Crippen LogP contribution < -0.4 is 4.90 Å². The number of rotatable bonds is 4. The number of hydrogen-bond donors (Lipinski definition) is 1. The molecule has 0 amide bonds. The molecule has 4 heteroatoms. The summed E-state index contributed by atoms with van der Waals surface area (Å²) in [5.74, 6) is -0.952. The van der Waals surface area contributed by atoms with Crippen LogP contribution >= 0.6 is 15.9 Å². The van der Waals surface area contributed by atoms with Crippen LogP contribution in [0.2, 0.25) is 0 Å². The maximum absolute atomic E-state index is 10.5. The summed E-state index contributed by atoms with van der Waals surface area (Å²) in [6.45, 7) is 2.06. The third kappa shape index (κ3) is 3.95. The van der Waals surface area contributed by atoms with Gasteiger partial charge < -0.3 is 10.0 Å². The van der Waals surface area contributed by atoms with Gasteiger partial charge >= 0.3 is 5.97 Å². The second kappa shape index (κ2) is 6.59. The Hall–Kier alpha value is -2.07. The van der Waals surface area contributed by atoms with Crippen LogP contribution in [0.15, 0.2) is 53.0 Å². The van der Waals surface area contributed by atoms with Gasteiger partial charge in [-0.25, -0.2) is 4.79 Å². The van der Waals surface area contributed by atoms with Gasteiger partial charge in [-0.1, -0.05) is 23.8 Å². The minimum atomic E-state index is -0.952. The highest BCUT2D eigenvalue weighted by atomic mass is 79.9. The average Bonchev–Trinajstić information content (AvgIpc) is 2.45. The molecule has 0 saturated heterocycles. The van der Waals surface area contributed by atoms with Gasteiger partial charge in [-0.15, -0.1) is 0 Å². The van der Waals surface area contributed by atoms with Gasteiger partial charge in [0.05, 0.1) is 5.69 Å². The van der Waals surface area contributed by atoms with Crippen LogP contribution in [-0.2, 0) is 4.79 Å². The Morgan fingerprint density at radius 3 is 2.43 bits per heavy atom. The lowest BCUT2D eigenvalue weighted by atomic mass is 10.1. The Balaban J connectivity index is 2.28. The van der Waals surface area contributed by atoms with Crippen LogP contribution in [0.25, 0.3) is 6.08 Å². The molecule has 0 unspecified atom stereocenters. The van der Waals surface area contributed by atoms with E-state index in [4.69, 9.17) is 5.11 Å². The quantitative estimate of drug-likeness (QED) is 0.821. The van der Waals surface area contributed by atoms with Crippen LogP contribution in [0.3, 0.4) is 0 Å². The molecule has 0 saturated carbocycles. The summed E-state index contributed by atoms with van der Waals surface area (Å²) in [4.78, 5) is 12.6. The lowest BCUT2D eigenvalue weighted by Gasteiger charge is -2.21. The van der Waals surface area contributed by atoms with Gasteiger partial charge in [0.25, 0.3) is 0 Å². The van der Waals surface area contributed by atoms with Crippen molar-refractivity contribution in [2.24, 2.45) is 0 Å². The molecule has 0 aliphatic carbocycles. The number of hydrogen-bond acceptors (Lipinski definition) is 2. The van der Waals surface area contributed by atoms with Crippen molar-refractivity contribution in [3.05, 3.63) is 64.1 Å². The smallest absolute Gasteiger partial charge is 0.328 e. The summed E-state index contributed by atoms with van der Waals surface area (Å²) < 4.78 is 0.915. The number of aliphatic carboxylic acids is 1. The first-order chi connectivity index (χ1) is 9.97. The minimum Gasteiger partial charge on any atom is -0.478 e.